The van der Waals surface area contributed by atoms with Crippen molar-refractivity contribution >= 4 is 5.97 Å². The Kier molecular flexibility index (Phi) is 3.64. The third kappa shape index (κ3) is 2.77. The first-order chi connectivity index (χ1) is 8.20. The molecule has 1 aromatic rings. The molecule has 17 heavy (non-hydrogen) atoms. The molecule has 1 N–H and O–H groups in total. The van der Waals surface area contributed by atoms with Crippen LogP contribution in [0.1, 0.15) is 18.4 Å². The molecule has 4 heteroatoms. The zero-order valence-electron chi connectivity index (χ0n) is 9.93. The summed E-state index contributed by atoms with van der Waals surface area (Å²) in [4.78, 5) is 13.1. The summed E-state index contributed by atoms with van der Waals surface area (Å²) in [6, 6.07) is 7.44. The van der Waals surface area contributed by atoms with Gasteiger partial charge in [0.25, 0.3) is 0 Å². The Bertz CT molecular complexity index is 405. The largest absolute Gasteiger partial charge is 0.497 e. The van der Waals surface area contributed by atoms with Crippen molar-refractivity contribution in [2.75, 3.05) is 13.7 Å². The average molecular weight is 235 g/mol. The van der Waals surface area contributed by atoms with Crippen LogP contribution < -0.4 is 4.74 Å². The summed E-state index contributed by atoms with van der Waals surface area (Å²) in [5.41, 5.74) is 1.09. The molecule has 92 valence electrons. The maximum atomic E-state index is 11.1. The molecular formula is C13H17NO3. The molecule has 1 atom stereocenters. The molecule has 0 radical (unpaired) electrons. The fourth-order valence-corrected chi connectivity index (χ4v) is 2.30. The minimum atomic E-state index is -0.717. The van der Waals surface area contributed by atoms with Crippen molar-refractivity contribution < 1.29 is 14.6 Å². The summed E-state index contributed by atoms with van der Waals surface area (Å²) < 4.78 is 5.16. The number of nitrogens with zero attached hydrogens (tertiary/aromatic N) is 1. The van der Waals surface area contributed by atoms with Gasteiger partial charge in [-0.1, -0.05) is 12.1 Å². The Morgan fingerprint density at radius 3 is 3.12 bits per heavy atom. The highest BCUT2D eigenvalue weighted by molar-refractivity contribution is 5.73. The highest BCUT2D eigenvalue weighted by atomic mass is 16.5. The van der Waals surface area contributed by atoms with Crippen molar-refractivity contribution in [1.82, 2.24) is 4.90 Å². The van der Waals surface area contributed by atoms with Crippen molar-refractivity contribution in [3.63, 3.8) is 0 Å². The number of aliphatic carboxylic acids is 1. The molecule has 4 nitrogen and oxygen atoms in total. The number of carboxylic acids is 1. The molecule has 1 aliphatic heterocycles. The minimum Gasteiger partial charge on any atom is -0.497 e. The molecule has 1 heterocycles. The molecule has 1 saturated heterocycles. The molecule has 1 aliphatic rings. The van der Waals surface area contributed by atoms with Gasteiger partial charge in [0.2, 0.25) is 0 Å². The number of methoxy groups -OCH3 is 1. The van der Waals surface area contributed by atoms with E-state index in [1.165, 1.54) is 0 Å². The first-order valence-corrected chi connectivity index (χ1v) is 5.80. The van der Waals surface area contributed by atoms with Crippen LogP contribution in [0.5, 0.6) is 5.75 Å². The molecule has 0 aliphatic carbocycles. The number of carbonyl (C=O) groups is 1. The van der Waals surface area contributed by atoms with Gasteiger partial charge in [0.15, 0.2) is 0 Å². The van der Waals surface area contributed by atoms with E-state index in [2.05, 4.69) is 0 Å². The summed E-state index contributed by atoms with van der Waals surface area (Å²) in [5, 5.41) is 9.10. The smallest absolute Gasteiger partial charge is 0.320 e. The van der Waals surface area contributed by atoms with Gasteiger partial charge in [0, 0.05) is 6.54 Å². The lowest BCUT2D eigenvalue weighted by Crippen LogP contribution is -2.35. The highest BCUT2D eigenvalue weighted by Gasteiger charge is 2.30. The standard InChI is InChI=1S/C13H17NO3/c1-17-11-5-2-4-10(8-11)9-14-7-3-6-12(14)13(15)16/h2,4-5,8,12H,3,6-7,9H2,1H3,(H,15,16). The first-order valence-electron chi connectivity index (χ1n) is 5.80. The molecule has 0 spiro atoms. The maximum Gasteiger partial charge on any atom is 0.320 e. The van der Waals surface area contributed by atoms with E-state index in [0.29, 0.717) is 6.54 Å². The SMILES string of the molecule is COc1cccc(CN2CCCC2C(=O)O)c1. The molecule has 0 amide bonds. The zero-order chi connectivity index (χ0) is 12.3. The summed E-state index contributed by atoms with van der Waals surface area (Å²) >= 11 is 0. The predicted molar refractivity (Wildman–Crippen MR) is 64.1 cm³/mol. The van der Waals surface area contributed by atoms with Crippen molar-refractivity contribution in [2.45, 2.75) is 25.4 Å². The molecule has 2 rings (SSSR count). The van der Waals surface area contributed by atoms with Gasteiger partial charge in [-0.2, -0.15) is 0 Å². The third-order valence-electron chi connectivity index (χ3n) is 3.17. The predicted octanol–water partition coefficient (Wildman–Crippen LogP) is 1.74. The fourth-order valence-electron chi connectivity index (χ4n) is 2.30. The van der Waals surface area contributed by atoms with E-state index in [1.807, 2.05) is 29.2 Å². The van der Waals surface area contributed by atoms with E-state index in [1.54, 1.807) is 7.11 Å². The molecule has 0 aromatic heterocycles. The van der Waals surface area contributed by atoms with Gasteiger partial charge in [0.05, 0.1) is 7.11 Å². The lowest BCUT2D eigenvalue weighted by atomic mass is 10.2. The van der Waals surface area contributed by atoms with Gasteiger partial charge in [-0.15, -0.1) is 0 Å². The number of likely N-dealkylation sites (tertiary alicyclic amines) is 1. The van der Waals surface area contributed by atoms with Crippen LogP contribution in [0.2, 0.25) is 0 Å². The second-order valence-electron chi connectivity index (χ2n) is 4.32. The van der Waals surface area contributed by atoms with Crippen LogP contribution in [-0.2, 0) is 11.3 Å². The van der Waals surface area contributed by atoms with Gasteiger partial charge in [-0.25, -0.2) is 0 Å². The van der Waals surface area contributed by atoms with Crippen molar-refractivity contribution in [3.8, 4) is 5.75 Å². The van der Waals surface area contributed by atoms with Crippen LogP contribution in [0.4, 0.5) is 0 Å². The molecular weight excluding hydrogens is 218 g/mol. The average Bonchev–Trinajstić information content (AvgIpc) is 2.77. The lowest BCUT2D eigenvalue weighted by Gasteiger charge is -2.21. The van der Waals surface area contributed by atoms with Crippen molar-refractivity contribution in [2.24, 2.45) is 0 Å². The van der Waals surface area contributed by atoms with Crippen LogP contribution >= 0.6 is 0 Å². The number of carboxylic acid groups (broad SMARTS) is 1. The monoisotopic (exact) mass is 235 g/mol. The van der Waals surface area contributed by atoms with Crippen LogP contribution in [0.25, 0.3) is 0 Å². The zero-order valence-corrected chi connectivity index (χ0v) is 9.93. The number of hydrogen-bond donors (Lipinski definition) is 1. The highest BCUT2D eigenvalue weighted by Crippen LogP contribution is 2.21. The van der Waals surface area contributed by atoms with Crippen LogP contribution in [-0.4, -0.2) is 35.7 Å². The van der Waals surface area contributed by atoms with E-state index < -0.39 is 5.97 Å². The molecule has 1 unspecified atom stereocenters. The Balaban J connectivity index is 2.06. The summed E-state index contributed by atoms with van der Waals surface area (Å²) in [5.74, 6) is 0.0963. The van der Waals surface area contributed by atoms with E-state index in [9.17, 15) is 4.79 Å². The maximum absolute atomic E-state index is 11.1. The van der Waals surface area contributed by atoms with Crippen LogP contribution in [0.3, 0.4) is 0 Å². The number of benzene rings is 1. The Morgan fingerprint density at radius 2 is 2.41 bits per heavy atom. The Hall–Kier alpha value is -1.55. The summed E-state index contributed by atoms with van der Waals surface area (Å²) in [7, 11) is 1.63. The Labute approximate surface area is 101 Å². The molecule has 0 saturated carbocycles. The van der Waals surface area contributed by atoms with Crippen LogP contribution in [0.15, 0.2) is 24.3 Å². The van der Waals surface area contributed by atoms with E-state index in [0.717, 1.165) is 30.7 Å². The molecule has 1 fully saturated rings. The van der Waals surface area contributed by atoms with Crippen molar-refractivity contribution in [3.05, 3.63) is 29.8 Å². The van der Waals surface area contributed by atoms with Gasteiger partial charge >= 0.3 is 5.97 Å². The van der Waals surface area contributed by atoms with E-state index in [-0.39, 0.29) is 6.04 Å². The fraction of sp³-hybridized carbons (Fsp3) is 0.462. The van der Waals surface area contributed by atoms with Crippen LogP contribution in [0, 0.1) is 0 Å². The molecule has 1 aromatic carbocycles. The normalized spacial score (nSPS) is 20.4. The first kappa shape index (κ1) is 11.9. The second kappa shape index (κ2) is 5.19. The van der Waals surface area contributed by atoms with Gasteiger partial charge in [-0.05, 0) is 37.1 Å². The second-order valence-corrected chi connectivity index (χ2v) is 4.32. The lowest BCUT2D eigenvalue weighted by molar-refractivity contribution is -0.142. The van der Waals surface area contributed by atoms with Gasteiger partial charge in [0.1, 0.15) is 11.8 Å². The van der Waals surface area contributed by atoms with Crippen molar-refractivity contribution in [1.29, 1.82) is 0 Å². The summed E-state index contributed by atoms with van der Waals surface area (Å²) in [6.45, 7) is 1.53. The van der Waals surface area contributed by atoms with Gasteiger partial charge < -0.3 is 9.84 Å². The summed E-state index contributed by atoms with van der Waals surface area (Å²) in [6.07, 6.45) is 1.71. The molecule has 0 bridgehead atoms. The minimum absolute atomic E-state index is 0.332. The quantitative estimate of drug-likeness (QED) is 0.863. The number of ether oxygens (including phenoxy) is 1. The number of rotatable bonds is 4. The Morgan fingerprint density at radius 1 is 1.59 bits per heavy atom. The third-order valence-corrected chi connectivity index (χ3v) is 3.17. The van der Waals surface area contributed by atoms with Gasteiger partial charge in [-0.3, -0.25) is 9.69 Å². The van der Waals surface area contributed by atoms with E-state index in [4.69, 9.17) is 9.84 Å². The topological polar surface area (TPSA) is 49.8 Å². The number of hydrogen-bond acceptors (Lipinski definition) is 3. The van der Waals surface area contributed by atoms with E-state index >= 15 is 0 Å².